The van der Waals surface area contributed by atoms with Crippen LogP contribution in [0, 0.1) is 17.4 Å². The normalized spacial score (nSPS) is 14.4. The number of hydrogen-bond acceptors (Lipinski definition) is 3. The first kappa shape index (κ1) is 21.6. The van der Waals surface area contributed by atoms with E-state index in [1.807, 2.05) is 38.1 Å². The molecule has 29 heavy (non-hydrogen) atoms. The molecule has 0 saturated heterocycles. The van der Waals surface area contributed by atoms with E-state index in [-0.39, 0.29) is 11.8 Å². The first-order valence-corrected chi connectivity index (χ1v) is 11.0. The van der Waals surface area contributed by atoms with Gasteiger partial charge in [0.15, 0.2) is 0 Å². The first-order chi connectivity index (χ1) is 13.8. The summed E-state index contributed by atoms with van der Waals surface area (Å²) >= 11 is 2.24. The summed E-state index contributed by atoms with van der Waals surface area (Å²) in [6.07, 6.45) is 1.84. The number of aryl methyl sites for hydroxylation is 1. The van der Waals surface area contributed by atoms with Crippen molar-refractivity contribution in [2.45, 2.75) is 27.7 Å². The highest BCUT2D eigenvalue weighted by Crippen LogP contribution is 2.34. The third-order valence-electron chi connectivity index (χ3n) is 5.36. The lowest BCUT2D eigenvalue weighted by atomic mass is 10.0. The molecule has 2 amide bonds. The molecule has 6 nitrogen and oxygen atoms in total. The van der Waals surface area contributed by atoms with E-state index in [0.29, 0.717) is 17.7 Å². The van der Waals surface area contributed by atoms with Crippen LogP contribution in [0.4, 0.5) is 5.69 Å². The quantitative estimate of drug-likeness (QED) is 0.395. The van der Waals surface area contributed by atoms with Gasteiger partial charge in [0, 0.05) is 39.3 Å². The molecule has 0 aliphatic carbocycles. The lowest BCUT2D eigenvalue weighted by Gasteiger charge is -2.18. The molecule has 0 unspecified atom stereocenters. The fourth-order valence-electron chi connectivity index (χ4n) is 3.66. The molecule has 1 aliphatic heterocycles. The van der Waals surface area contributed by atoms with Crippen molar-refractivity contribution in [1.82, 2.24) is 15.2 Å². The highest BCUT2D eigenvalue weighted by atomic mass is 127. The molecule has 154 valence electrons. The van der Waals surface area contributed by atoms with Crippen LogP contribution in [0.1, 0.15) is 46.7 Å². The Labute approximate surface area is 185 Å². The van der Waals surface area contributed by atoms with E-state index in [2.05, 4.69) is 57.0 Å². The van der Waals surface area contributed by atoms with Crippen LogP contribution in [0.25, 0.3) is 11.6 Å². The molecule has 1 aromatic heterocycles. The molecule has 1 aliphatic rings. The zero-order valence-corrected chi connectivity index (χ0v) is 19.4. The van der Waals surface area contributed by atoms with Crippen molar-refractivity contribution < 1.29 is 9.59 Å². The Balaban J connectivity index is 1.83. The lowest BCUT2D eigenvalue weighted by Crippen LogP contribution is -2.35. The second-order valence-corrected chi connectivity index (χ2v) is 8.39. The molecule has 3 N–H and O–H groups in total. The van der Waals surface area contributed by atoms with Gasteiger partial charge < -0.3 is 20.5 Å². The van der Waals surface area contributed by atoms with Gasteiger partial charge in [-0.05, 0) is 79.4 Å². The van der Waals surface area contributed by atoms with E-state index >= 15 is 0 Å². The van der Waals surface area contributed by atoms with Gasteiger partial charge in [0.25, 0.3) is 11.8 Å². The molecular weight excluding hydrogens is 479 g/mol. The second kappa shape index (κ2) is 9.13. The van der Waals surface area contributed by atoms with Crippen LogP contribution in [-0.2, 0) is 4.79 Å². The predicted octanol–water partition coefficient (Wildman–Crippen LogP) is 3.80. The van der Waals surface area contributed by atoms with Crippen molar-refractivity contribution >= 4 is 51.7 Å². The largest absolute Gasteiger partial charge is 0.358 e. The molecule has 2 heterocycles. The minimum atomic E-state index is -0.126. The molecule has 7 heteroatoms. The van der Waals surface area contributed by atoms with Crippen LogP contribution >= 0.6 is 22.6 Å². The highest BCUT2D eigenvalue weighted by Gasteiger charge is 2.25. The molecule has 0 atom stereocenters. The standard InChI is InChI=1S/C22H27IN4O2/c1-5-27(6-2)10-9-24-22(29)20-13(3)19(25-14(20)4)12-17-16-11-15(23)7-8-18(16)26-21(17)28/h7-8,11-12,25H,5-6,9-10H2,1-4H3,(H,24,29)(H,26,28)/b17-12+. The summed E-state index contributed by atoms with van der Waals surface area (Å²) in [6.45, 7) is 11.4. The van der Waals surface area contributed by atoms with Gasteiger partial charge in [-0.2, -0.15) is 0 Å². The number of halogens is 1. The van der Waals surface area contributed by atoms with Crippen LogP contribution in [0.2, 0.25) is 0 Å². The van der Waals surface area contributed by atoms with Gasteiger partial charge >= 0.3 is 0 Å². The summed E-state index contributed by atoms with van der Waals surface area (Å²) < 4.78 is 1.07. The van der Waals surface area contributed by atoms with Gasteiger partial charge in [0.05, 0.1) is 11.1 Å². The molecule has 0 spiro atoms. The number of aromatic nitrogens is 1. The Bertz CT molecular complexity index is 973. The summed E-state index contributed by atoms with van der Waals surface area (Å²) in [4.78, 5) is 30.8. The van der Waals surface area contributed by atoms with Gasteiger partial charge in [-0.25, -0.2) is 0 Å². The van der Waals surface area contributed by atoms with E-state index in [0.717, 1.165) is 51.4 Å². The smallest absolute Gasteiger partial charge is 0.256 e. The van der Waals surface area contributed by atoms with Crippen LogP contribution < -0.4 is 10.6 Å². The predicted molar refractivity (Wildman–Crippen MR) is 126 cm³/mol. The minimum absolute atomic E-state index is 0.0844. The van der Waals surface area contributed by atoms with Gasteiger partial charge in [-0.3, -0.25) is 9.59 Å². The Morgan fingerprint density at radius 1 is 1.24 bits per heavy atom. The molecular formula is C22H27IN4O2. The summed E-state index contributed by atoms with van der Waals surface area (Å²) in [6, 6.07) is 5.87. The topological polar surface area (TPSA) is 77.2 Å². The van der Waals surface area contributed by atoms with Crippen molar-refractivity contribution in [3.63, 3.8) is 0 Å². The molecule has 0 bridgehead atoms. The van der Waals surface area contributed by atoms with E-state index in [1.165, 1.54) is 0 Å². The molecule has 2 aromatic rings. The number of carbonyl (C=O) groups excluding carboxylic acids is 2. The summed E-state index contributed by atoms with van der Waals surface area (Å²) in [5.41, 5.74) is 5.40. The molecule has 0 radical (unpaired) electrons. The van der Waals surface area contributed by atoms with Crippen molar-refractivity contribution in [2.24, 2.45) is 0 Å². The van der Waals surface area contributed by atoms with Gasteiger partial charge in [-0.1, -0.05) is 13.8 Å². The van der Waals surface area contributed by atoms with E-state index < -0.39 is 0 Å². The number of amides is 2. The number of likely N-dealkylation sites (N-methyl/N-ethyl adjacent to an activating group) is 1. The van der Waals surface area contributed by atoms with Gasteiger partial charge in [0.1, 0.15) is 0 Å². The number of nitrogens with one attached hydrogen (secondary N) is 3. The van der Waals surface area contributed by atoms with Crippen LogP contribution in [0.15, 0.2) is 18.2 Å². The van der Waals surface area contributed by atoms with Crippen molar-refractivity contribution in [3.8, 4) is 0 Å². The second-order valence-electron chi connectivity index (χ2n) is 7.15. The zero-order valence-electron chi connectivity index (χ0n) is 17.3. The van der Waals surface area contributed by atoms with Crippen LogP contribution in [0.3, 0.4) is 0 Å². The maximum Gasteiger partial charge on any atom is 0.256 e. The Morgan fingerprint density at radius 3 is 2.66 bits per heavy atom. The maximum absolute atomic E-state index is 12.8. The SMILES string of the molecule is CCN(CC)CCNC(=O)c1c(C)[nH]c(/C=C2/C(=O)Nc3ccc(I)cc32)c1C. The Kier molecular flexibility index (Phi) is 6.79. The minimum Gasteiger partial charge on any atom is -0.358 e. The molecule has 0 fully saturated rings. The van der Waals surface area contributed by atoms with Crippen LogP contribution in [-0.4, -0.2) is 47.9 Å². The average Bonchev–Trinajstić information content (AvgIpc) is 3.14. The zero-order chi connectivity index (χ0) is 21.1. The van der Waals surface area contributed by atoms with Crippen molar-refractivity contribution in [3.05, 3.63) is 49.8 Å². The summed E-state index contributed by atoms with van der Waals surface area (Å²) in [5, 5.41) is 5.92. The number of fused-ring (bicyclic) bond motifs is 1. The number of aromatic amines is 1. The van der Waals surface area contributed by atoms with Gasteiger partial charge in [0.2, 0.25) is 0 Å². The molecule has 1 aromatic carbocycles. The highest BCUT2D eigenvalue weighted by molar-refractivity contribution is 14.1. The number of carbonyl (C=O) groups is 2. The summed E-state index contributed by atoms with van der Waals surface area (Å²) in [7, 11) is 0. The van der Waals surface area contributed by atoms with E-state index in [1.54, 1.807) is 0 Å². The third kappa shape index (κ3) is 4.56. The number of rotatable bonds is 7. The average molecular weight is 506 g/mol. The fraction of sp³-hybridized carbons (Fsp3) is 0.364. The van der Waals surface area contributed by atoms with E-state index in [4.69, 9.17) is 0 Å². The van der Waals surface area contributed by atoms with Gasteiger partial charge in [-0.15, -0.1) is 0 Å². The van der Waals surface area contributed by atoms with Crippen molar-refractivity contribution in [2.75, 3.05) is 31.5 Å². The van der Waals surface area contributed by atoms with E-state index in [9.17, 15) is 9.59 Å². The first-order valence-electron chi connectivity index (χ1n) is 9.88. The number of nitrogens with zero attached hydrogens (tertiary/aromatic N) is 1. The Hall–Kier alpha value is -2.13. The lowest BCUT2D eigenvalue weighted by molar-refractivity contribution is -0.110. The number of hydrogen-bond donors (Lipinski definition) is 3. The number of benzene rings is 1. The van der Waals surface area contributed by atoms with Crippen molar-refractivity contribution in [1.29, 1.82) is 0 Å². The molecule has 3 rings (SSSR count). The Morgan fingerprint density at radius 2 is 1.97 bits per heavy atom. The third-order valence-corrected chi connectivity index (χ3v) is 6.04. The monoisotopic (exact) mass is 506 g/mol. The fourth-order valence-corrected chi connectivity index (χ4v) is 4.15. The number of anilines is 1. The number of H-pyrrole nitrogens is 1. The summed E-state index contributed by atoms with van der Waals surface area (Å²) in [5.74, 6) is -0.210. The molecule has 0 saturated carbocycles. The van der Waals surface area contributed by atoms with Crippen LogP contribution in [0.5, 0.6) is 0 Å². The maximum atomic E-state index is 12.8.